The summed E-state index contributed by atoms with van der Waals surface area (Å²) < 4.78 is 10.9. The zero-order valence-corrected chi connectivity index (χ0v) is 17.0. The van der Waals surface area contributed by atoms with Crippen molar-refractivity contribution in [3.8, 4) is 11.5 Å². The highest BCUT2D eigenvalue weighted by molar-refractivity contribution is 5.79. The number of hydrogen-bond acceptors (Lipinski definition) is 7. The standard InChI is InChI=1S/C22H25N5O3/c1-29-12-8-22(21-25-20(30-26-21)18-6-3-10-24-15-18)7-4-11-27(16-22)19(28)13-17-5-2-9-23-14-17/h2-3,5-6,9-10,14-15H,4,7-8,11-13,16H2,1H3. The Morgan fingerprint density at radius 2 is 2.07 bits per heavy atom. The van der Waals surface area contributed by atoms with Gasteiger partial charge in [-0.2, -0.15) is 4.98 Å². The van der Waals surface area contributed by atoms with E-state index in [1.165, 1.54) is 0 Å². The monoisotopic (exact) mass is 407 g/mol. The van der Waals surface area contributed by atoms with Crippen molar-refractivity contribution in [1.29, 1.82) is 0 Å². The molecule has 3 aromatic heterocycles. The number of carbonyl (C=O) groups is 1. The molecule has 4 heterocycles. The number of pyridine rings is 2. The molecule has 1 fully saturated rings. The van der Waals surface area contributed by atoms with Gasteiger partial charge in [0.15, 0.2) is 5.82 Å². The number of hydrogen-bond donors (Lipinski definition) is 0. The number of ether oxygens (including phenoxy) is 1. The SMILES string of the molecule is COCCC1(c2noc(-c3cccnc3)n2)CCCN(C(=O)Cc2cccnc2)C1. The molecule has 1 saturated heterocycles. The number of piperidine rings is 1. The first-order valence-electron chi connectivity index (χ1n) is 10.1. The highest BCUT2D eigenvalue weighted by Gasteiger charge is 2.42. The van der Waals surface area contributed by atoms with Crippen molar-refractivity contribution in [3.63, 3.8) is 0 Å². The van der Waals surface area contributed by atoms with Crippen LogP contribution < -0.4 is 0 Å². The van der Waals surface area contributed by atoms with Crippen LogP contribution in [0, 0.1) is 0 Å². The third-order valence-electron chi connectivity index (χ3n) is 5.60. The van der Waals surface area contributed by atoms with E-state index in [2.05, 4.69) is 20.1 Å². The number of likely N-dealkylation sites (tertiary alicyclic amines) is 1. The van der Waals surface area contributed by atoms with Gasteiger partial charge < -0.3 is 14.2 Å². The van der Waals surface area contributed by atoms with Crippen LogP contribution in [0.4, 0.5) is 0 Å². The zero-order valence-electron chi connectivity index (χ0n) is 17.0. The van der Waals surface area contributed by atoms with Crippen molar-refractivity contribution in [2.24, 2.45) is 0 Å². The minimum atomic E-state index is -0.400. The number of carbonyl (C=O) groups excluding carboxylic acids is 1. The van der Waals surface area contributed by atoms with E-state index in [0.717, 1.165) is 30.5 Å². The third-order valence-corrected chi connectivity index (χ3v) is 5.60. The molecule has 4 rings (SSSR count). The maximum absolute atomic E-state index is 13.0. The first kappa shape index (κ1) is 20.2. The summed E-state index contributed by atoms with van der Waals surface area (Å²) in [5.74, 6) is 1.14. The number of methoxy groups -OCH3 is 1. The van der Waals surface area contributed by atoms with E-state index in [0.29, 0.717) is 37.7 Å². The van der Waals surface area contributed by atoms with Crippen LogP contribution in [0.2, 0.25) is 0 Å². The summed E-state index contributed by atoms with van der Waals surface area (Å²) in [5.41, 5.74) is 1.29. The summed E-state index contributed by atoms with van der Waals surface area (Å²) >= 11 is 0. The summed E-state index contributed by atoms with van der Waals surface area (Å²) in [4.78, 5) is 27.8. The Kier molecular flexibility index (Phi) is 6.13. The second-order valence-electron chi connectivity index (χ2n) is 7.64. The van der Waals surface area contributed by atoms with Crippen LogP contribution in [0.1, 0.15) is 30.7 Å². The van der Waals surface area contributed by atoms with Crippen LogP contribution in [-0.4, -0.2) is 57.7 Å². The number of amides is 1. The predicted octanol–water partition coefficient (Wildman–Crippen LogP) is 2.67. The molecule has 1 aliphatic rings. The van der Waals surface area contributed by atoms with Crippen molar-refractivity contribution in [3.05, 3.63) is 60.4 Å². The fourth-order valence-electron chi connectivity index (χ4n) is 3.97. The lowest BCUT2D eigenvalue weighted by Gasteiger charge is -2.41. The van der Waals surface area contributed by atoms with Crippen LogP contribution in [0.5, 0.6) is 0 Å². The van der Waals surface area contributed by atoms with Crippen molar-refractivity contribution in [2.45, 2.75) is 31.1 Å². The summed E-state index contributed by atoms with van der Waals surface area (Å²) in [7, 11) is 1.68. The molecule has 0 bridgehead atoms. The molecule has 0 saturated carbocycles. The number of rotatable bonds is 7. The summed E-state index contributed by atoms with van der Waals surface area (Å²) in [6.45, 7) is 1.82. The lowest BCUT2D eigenvalue weighted by atomic mass is 9.76. The van der Waals surface area contributed by atoms with Crippen LogP contribution >= 0.6 is 0 Å². The molecule has 0 aliphatic carbocycles. The van der Waals surface area contributed by atoms with Crippen molar-refractivity contribution < 1.29 is 14.1 Å². The maximum Gasteiger partial charge on any atom is 0.259 e. The Morgan fingerprint density at radius 3 is 2.80 bits per heavy atom. The molecule has 3 aromatic rings. The molecular weight excluding hydrogens is 382 g/mol. The second-order valence-corrected chi connectivity index (χ2v) is 7.64. The van der Waals surface area contributed by atoms with Crippen LogP contribution in [0.3, 0.4) is 0 Å². The van der Waals surface area contributed by atoms with Gasteiger partial charge in [0.2, 0.25) is 5.91 Å². The molecule has 1 amide bonds. The van der Waals surface area contributed by atoms with Crippen LogP contribution in [0.25, 0.3) is 11.5 Å². The molecule has 1 aliphatic heterocycles. The van der Waals surface area contributed by atoms with E-state index < -0.39 is 5.41 Å². The highest BCUT2D eigenvalue weighted by atomic mass is 16.5. The van der Waals surface area contributed by atoms with Gasteiger partial charge in [0.05, 0.1) is 17.4 Å². The average molecular weight is 407 g/mol. The molecular formula is C22H25N5O3. The highest BCUT2D eigenvalue weighted by Crippen LogP contribution is 2.37. The fraction of sp³-hybridized carbons (Fsp3) is 0.409. The minimum Gasteiger partial charge on any atom is -0.385 e. The Labute approximate surface area is 175 Å². The summed E-state index contributed by atoms with van der Waals surface area (Å²) in [6, 6.07) is 7.49. The van der Waals surface area contributed by atoms with Gasteiger partial charge in [-0.1, -0.05) is 11.2 Å². The largest absolute Gasteiger partial charge is 0.385 e. The van der Waals surface area contributed by atoms with E-state index >= 15 is 0 Å². The molecule has 30 heavy (non-hydrogen) atoms. The van der Waals surface area contributed by atoms with Crippen LogP contribution in [0.15, 0.2) is 53.6 Å². The molecule has 1 atom stereocenters. The van der Waals surface area contributed by atoms with Gasteiger partial charge in [0, 0.05) is 51.6 Å². The summed E-state index contributed by atoms with van der Waals surface area (Å²) in [5, 5.41) is 4.30. The Balaban J connectivity index is 1.57. The lowest BCUT2D eigenvalue weighted by Crippen LogP contribution is -2.50. The fourth-order valence-corrected chi connectivity index (χ4v) is 3.97. The van der Waals surface area contributed by atoms with Gasteiger partial charge >= 0.3 is 0 Å². The molecule has 156 valence electrons. The van der Waals surface area contributed by atoms with Crippen molar-refractivity contribution in [2.75, 3.05) is 26.8 Å². The van der Waals surface area contributed by atoms with E-state index in [1.54, 1.807) is 31.9 Å². The lowest BCUT2D eigenvalue weighted by molar-refractivity contribution is -0.133. The molecule has 0 aromatic carbocycles. The molecule has 1 unspecified atom stereocenters. The Bertz CT molecular complexity index is 963. The minimum absolute atomic E-state index is 0.0838. The van der Waals surface area contributed by atoms with Gasteiger partial charge in [-0.3, -0.25) is 14.8 Å². The third kappa shape index (κ3) is 4.38. The van der Waals surface area contributed by atoms with E-state index in [1.807, 2.05) is 29.2 Å². The van der Waals surface area contributed by atoms with Gasteiger partial charge in [-0.05, 0) is 43.0 Å². The number of aromatic nitrogens is 4. The second kappa shape index (κ2) is 9.13. The van der Waals surface area contributed by atoms with E-state index in [9.17, 15) is 4.79 Å². The normalized spacial score (nSPS) is 19.0. The van der Waals surface area contributed by atoms with Crippen molar-refractivity contribution >= 4 is 5.91 Å². The molecule has 0 radical (unpaired) electrons. The molecule has 8 nitrogen and oxygen atoms in total. The molecule has 0 N–H and O–H groups in total. The number of nitrogens with zero attached hydrogens (tertiary/aromatic N) is 5. The Hall–Kier alpha value is -3.13. The zero-order chi connectivity index (χ0) is 20.8. The smallest absolute Gasteiger partial charge is 0.259 e. The van der Waals surface area contributed by atoms with Crippen molar-refractivity contribution in [1.82, 2.24) is 25.0 Å². The van der Waals surface area contributed by atoms with Gasteiger partial charge in [-0.15, -0.1) is 0 Å². The first-order chi connectivity index (χ1) is 14.7. The topological polar surface area (TPSA) is 94.2 Å². The average Bonchev–Trinajstić information content (AvgIpc) is 3.30. The van der Waals surface area contributed by atoms with E-state index in [4.69, 9.17) is 9.26 Å². The predicted molar refractivity (Wildman–Crippen MR) is 109 cm³/mol. The maximum atomic E-state index is 13.0. The van der Waals surface area contributed by atoms with Gasteiger partial charge in [0.25, 0.3) is 5.89 Å². The molecule has 8 heteroatoms. The van der Waals surface area contributed by atoms with Crippen LogP contribution in [-0.2, 0) is 21.4 Å². The summed E-state index contributed by atoms with van der Waals surface area (Å²) in [6.07, 6.45) is 9.64. The molecule has 0 spiro atoms. The van der Waals surface area contributed by atoms with Gasteiger partial charge in [-0.25, -0.2) is 0 Å². The quantitative estimate of drug-likeness (QED) is 0.594. The first-order valence-corrected chi connectivity index (χ1v) is 10.1. The van der Waals surface area contributed by atoms with E-state index in [-0.39, 0.29) is 5.91 Å². The Morgan fingerprint density at radius 1 is 1.23 bits per heavy atom. The van der Waals surface area contributed by atoms with Gasteiger partial charge in [0.1, 0.15) is 0 Å².